The molecule has 2 saturated heterocycles. The lowest BCUT2D eigenvalue weighted by Crippen LogP contribution is -2.49. The summed E-state index contributed by atoms with van der Waals surface area (Å²) in [7, 11) is 2.12. The second-order valence-electron chi connectivity index (χ2n) is 9.75. The Labute approximate surface area is 180 Å². The molecule has 1 aliphatic carbocycles. The fourth-order valence-corrected chi connectivity index (χ4v) is 5.55. The molecule has 1 spiro atoms. The van der Waals surface area contributed by atoms with Crippen LogP contribution in [-0.4, -0.2) is 79.0 Å². The molecular formula is C24H36N4O2. The number of rotatable bonds is 3. The van der Waals surface area contributed by atoms with Gasteiger partial charge in [-0.25, -0.2) is 4.79 Å². The highest BCUT2D eigenvalue weighted by Gasteiger charge is 2.46. The standard InChI is InChI=1S/C24H36N4O2/c1-18(2)25-23(30)28-10-8-24(9-11-28)17-19(20-6-4-5-7-21(20)24)16-22(29)27-14-12-26(3)13-15-27/h4-7,18-19H,8-17H2,1-3H3,(H,25,30). The van der Waals surface area contributed by atoms with E-state index in [-0.39, 0.29) is 17.5 Å². The number of urea groups is 1. The minimum Gasteiger partial charge on any atom is -0.340 e. The fraction of sp³-hybridized carbons (Fsp3) is 0.667. The van der Waals surface area contributed by atoms with E-state index in [1.54, 1.807) is 0 Å². The number of fused-ring (bicyclic) bond motifs is 2. The average molecular weight is 413 g/mol. The molecule has 0 radical (unpaired) electrons. The Bertz CT molecular complexity index is 777. The zero-order chi connectivity index (χ0) is 21.3. The summed E-state index contributed by atoms with van der Waals surface area (Å²) in [6.45, 7) is 9.18. The van der Waals surface area contributed by atoms with Gasteiger partial charge in [0.25, 0.3) is 0 Å². The van der Waals surface area contributed by atoms with Crippen molar-refractivity contribution in [2.75, 3.05) is 46.3 Å². The Balaban J connectivity index is 1.44. The molecule has 30 heavy (non-hydrogen) atoms. The monoisotopic (exact) mass is 412 g/mol. The zero-order valence-corrected chi connectivity index (χ0v) is 18.7. The molecule has 164 valence electrons. The number of piperazine rings is 1. The lowest BCUT2D eigenvalue weighted by atomic mass is 9.73. The van der Waals surface area contributed by atoms with Gasteiger partial charge in [0.1, 0.15) is 0 Å². The molecule has 1 aromatic carbocycles. The number of carbonyl (C=O) groups excluding carboxylic acids is 2. The smallest absolute Gasteiger partial charge is 0.317 e. The topological polar surface area (TPSA) is 55.9 Å². The molecule has 6 heteroatoms. The molecule has 2 fully saturated rings. The zero-order valence-electron chi connectivity index (χ0n) is 18.7. The van der Waals surface area contributed by atoms with Crippen LogP contribution in [0.2, 0.25) is 0 Å². The van der Waals surface area contributed by atoms with Gasteiger partial charge in [0.05, 0.1) is 0 Å². The molecule has 3 aliphatic rings. The molecule has 1 N–H and O–H groups in total. The van der Waals surface area contributed by atoms with Crippen LogP contribution in [0.5, 0.6) is 0 Å². The molecule has 0 saturated carbocycles. The number of nitrogens with zero attached hydrogens (tertiary/aromatic N) is 3. The first-order valence-electron chi connectivity index (χ1n) is 11.5. The maximum Gasteiger partial charge on any atom is 0.317 e. The van der Waals surface area contributed by atoms with E-state index in [0.29, 0.717) is 18.2 Å². The van der Waals surface area contributed by atoms with Crippen molar-refractivity contribution in [1.82, 2.24) is 20.0 Å². The molecule has 0 aromatic heterocycles. The van der Waals surface area contributed by atoms with Gasteiger partial charge < -0.3 is 20.0 Å². The van der Waals surface area contributed by atoms with Crippen molar-refractivity contribution in [3.63, 3.8) is 0 Å². The van der Waals surface area contributed by atoms with Crippen molar-refractivity contribution in [2.45, 2.75) is 56.9 Å². The normalized spacial score (nSPS) is 23.7. The molecule has 6 nitrogen and oxygen atoms in total. The van der Waals surface area contributed by atoms with Gasteiger partial charge in [-0.3, -0.25) is 4.79 Å². The van der Waals surface area contributed by atoms with Crippen molar-refractivity contribution in [2.24, 2.45) is 0 Å². The quantitative estimate of drug-likeness (QED) is 0.831. The van der Waals surface area contributed by atoms with Crippen LogP contribution < -0.4 is 5.32 Å². The van der Waals surface area contributed by atoms with Crippen LogP contribution in [0.3, 0.4) is 0 Å². The number of hydrogen-bond acceptors (Lipinski definition) is 3. The predicted molar refractivity (Wildman–Crippen MR) is 119 cm³/mol. The van der Waals surface area contributed by atoms with Gasteiger partial charge in [0.15, 0.2) is 0 Å². The van der Waals surface area contributed by atoms with Crippen LogP contribution in [0.1, 0.15) is 56.6 Å². The summed E-state index contributed by atoms with van der Waals surface area (Å²) < 4.78 is 0. The van der Waals surface area contributed by atoms with Gasteiger partial charge in [-0.15, -0.1) is 0 Å². The first kappa shape index (κ1) is 21.2. The molecule has 0 bridgehead atoms. The molecule has 3 amide bonds. The number of likely N-dealkylation sites (tertiary alicyclic amines) is 1. The molecule has 2 heterocycles. The lowest BCUT2D eigenvalue weighted by Gasteiger charge is -2.40. The third-order valence-electron chi connectivity index (χ3n) is 7.31. The van der Waals surface area contributed by atoms with E-state index >= 15 is 0 Å². The maximum atomic E-state index is 13.0. The van der Waals surface area contributed by atoms with Gasteiger partial charge in [0.2, 0.25) is 5.91 Å². The summed E-state index contributed by atoms with van der Waals surface area (Å²) in [6.07, 6.45) is 3.61. The number of benzene rings is 1. The highest BCUT2D eigenvalue weighted by molar-refractivity contribution is 5.78. The summed E-state index contributed by atoms with van der Waals surface area (Å²) in [5.41, 5.74) is 2.89. The van der Waals surface area contributed by atoms with E-state index in [1.807, 2.05) is 23.6 Å². The molecule has 1 unspecified atom stereocenters. The SMILES string of the molecule is CC(C)NC(=O)N1CCC2(CC1)CC(CC(=O)N1CCN(C)CC1)c1ccccc12. The maximum absolute atomic E-state index is 13.0. The van der Waals surface area contributed by atoms with Gasteiger partial charge in [-0.05, 0) is 62.6 Å². The second kappa shape index (κ2) is 8.58. The van der Waals surface area contributed by atoms with E-state index in [2.05, 4.69) is 41.5 Å². The summed E-state index contributed by atoms with van der Waals surface area (Å²) in [5, 5.41) is 3.02. The number of likely N-dealkylation sites (N-methyl/N-ethyl adjacent to an activating group) is 1. The molecule has 1 aromatic rings. The van der Waals surface area contributed by atoms with Crippen LogP contribution in [0.15, 0.2) is 24.3 Å². The highest BCUT2D eigenvalue weighted by atomic mass is 16.2. The van der Waals surface area contributed by atoms with E-state index in [0.717, 1.165) is 58.5 Å². The summed E-state index contributed by atoms with van der Waals surface area (Å²) in [6, 6.07) is 8.93. The lowest BCUT2D eigenvalue weighted by molar-refractivity contribution is -0.133. The van der Waals surface area contributed by atoms with Crippen LogP contribution in [0.4, 0.5) is 4.79 Å². The summed E-state index contributed by atoms with van der Waals surface area (Å²) >= 11 is 0. The van der Waals surface area contributed by atoms with Crippen molar-refractivity contribution in [3.05, 3.63) is 35.4 Å². The number of nitrogens with one attached hydrogen (secondary N) is 1. The van der Waals surface area contributed by atoms with Crippen molar-refractivity contribution in [1.29, 1.82) is 0 Å². The third-order valence-corrected chi connectivity index (χ3v) is 7.31. The average Bonchev–Trinajstić information content (AvgIpc) is 3.02. The fourth-order valence-electron chi connectivity index (χ4n) is 5.55. The molecule has 2 aliphatic heterocycles. The first-order valence-corrected chi connectivity index (χ1v) is 11.5. The van der Waals surface area contributed by atoms with Gasteiger partial charge in [0, 0.05) is 51.7 Å². The Morgan fingerprint density at radius 1 is 1.03 bits per heavy atom. The van der Waals surface area contributed by atoms with E-state index in [4.69, 9.17) is 0 Å². The van der Waals surface area contributed by atoms with E-state index in [9.17, 15) is 9.59 Å². The Hall–Kier alpha value is -2.08. The number of amides is 3. The summed E-state index contributed by atoms with van der Waals surface area (Å²) in [4.78, 5) is 31.7. The van der Waals surface area contributed by atoms with Gasteiger partial charge >= 0.3 is 6.03 Å². The summed E-state index contributed by atoms with van der Waals surface area (Å²) in [5.74, 6) is 0.595. The third kappa shape index (κ3) is 4.20. The van der Waals surface area contributed by atoms with Gasteiger partial charge in [-0.2, -0.15) is 0 Å². The first-order chi connectivity index (χ1) is 14.4. The number of hydrogen-bond donors (Lipinski definition) is 1. The number of piperidine rings is 1. The van der Waals surface area contributed by atoms with Crippen LogP contribution in [0.25, 0.3) is 0 Å². The van der Waals surface area contributed by atoms with E-state index in [1.165, 1.54) is 11.1 Å². The molecule has 1 atom stereocenters. The minimum atomic E-state index is 0.0490. The molecular weight excluding hydrogens is 376 g/mol. The van der Waals surface area contributed by atoms with Crippen LogP contribution in [0, 0.1) is 0 Å². The highest BCUT2D eigenvalue weighted by Crippen LogP contribution is 2.52. The van der Waals surface area contributed by atoms with Crippen LogP contribution in [-0.2, 0) is 10.2 Å². The minimum absolute atomic E-state index is 0.0490. The van der Waals surface area contributed by atoms with Crippen molar-refractivity contribution >= 4 is 11.9 Å². The largest absolute Gasteiger partial charge is 0.340 e. The van der Waals surface area contributed by atoms with Crippen LogP contribution >= 0.6 is 0 Å². The van der Waals surface area contributed by atoms with Gasteiger partial charge in [-0.1, -0.05) is 24.3 Å². The Morgan fingerprint density at radius 2 is 1.70 bits per heavy atom. The molecule has 4 rings (SSSR count). The Kier molecular flexibility index (Phi) is 6.05. The number of carbonyl (C=O) groups is 2. The van der Waals surface area contributed by atoms with E-state index < -0.39 is 0 Å². The van der Waals surface area contributed by atoms with Crippen molar-refractivity contribution in [3.8, 4) is 0 Å². The second-order valence-corrected chi connectivity index (χ2v) is 9.75. The predicted octanol–water partition coefficient (Wildman–Crippen LogP) is 2.79. The van der Waals surface area contributed by atoms with Crippen molar-refractivity contribution < 1.29 is 9.59 Å². The Morgan fingerprint density at radius 3 is 2.37 bits per heavy atom.